The first-order chi connectivity index (χ1) is 15.2. The van der Waals surface area contributed by atoms with Crippen molar-refractivity contribution in [2.24, 2.45) is 5.92 Å². The van der Waals surface area contributed by atoms with E-state index in [-0.39, 0.29) is 34.4 Å². The smallest absolute Gasteiger partial charge is 0.340 e. The summed E-state index contributed by atoms with van der Waals surface area (Å²) < 4.78 is 20.4. The van der Waals surface area contributed by atoms with E-state index in [2.05, 4.69) is 16.0 Å². The molecule has 1 aromatic heterocycles. The number of rotatable bonds is 9. The second-order valence-corrected chi connectivity index (χ2v) is 6.91. The molecule has 4 amide bonds. The Morgan fingerprint density at radius 1 is 1.06 bits per heavy atom. The lowest BCUT2D eigenvalue weighted by Gasteiger charge is -2.15. The number of benzene rings is 1. The Balaban J connectivity index is 2.13. The molecule has 172 valence electrons. The summed E-state index contributed by atoms with van der Waals surface area (Å²) in [7, 11) is 2.76. The number of furan rings is 1. The summed E-state index contributed by atoms with van der Waals surface area (Å²) in [6.45, 7) is 3.46. The van der Waals surface area contributed by atoms with E-state index in [4.69, 9.17) is 18.6 Å². The average molecular weight is 447 g/mol. The van der Waals surface area contributed by atoms with Crippen LogP contribution in [0.4, 0.5) is 10.5 Å². The van der Waals surface area contributed by atoms with Crippen LogP contribution in [0.1, 0.15) is 34.8 Å². The summed E-state index contributed by atoms with van der Waals surface area (Å²) in [4.78, 5) is 48.5. The third-order valence-electron chi connectivity index (χ3n) is 3.99. The number of carbonyl (C=O) groups is 4. The monoisotopic (exact) mass is 447 g/mol. The minimum absolute atomic E-state index is 0.0193. The van der Waals surface area contributed by atoms with Gasteiger partial charge in [-0.1, -0.05) is 13.8 Å². The molecule has 11 nitrogen and oxygen atoms in total. The van der Waals surface area contributed by atoms with Crippen LogP contribution in [0.15, 0.2) is 34.9 Å². The van der Waals surface area contributed by atoms with Gasteiger partial charge in [-0.05, 0) is 18.1 Å². The van der Waals surface area contributed by atoms with Crippen molar-refractivity contribution in [1.82, 2.24) is 10.6 Å². The van der Waals surface area contributed by atoms with Crippen molar-refractivity contribution < 1.29 is 37.8 Å². The first-order valence-electron chi connectivity index (χ1n) is 9.60. The fourth-order valence-corrected chi connectivity index (χ4v) is 2.46. The number of imide groups is 1. The third kappa shape index (κ3) is 6.76. The largest absolute Gasteiger partial charge is 0.493 e. The predicted octanol–water partition coefficient (Wildman–Crippen LogP) is 2.19. The SMILES string of the molecule is COc1cc(NC(=O)c2ccco2)c(C(=O)OCC(=O)NC(=O)NCC(C)C)cc1OC. The minimum Gasteiger partial charge on any atom is -0.493 e. The van der Waals surface area contributed by atoms with Gasteiger partial charge in [-0.3, -0.25) is 14.9 Å². The molecule has 0 unspecified atom stereocenters. The zero-order valence-electron chi connectivity index (χ0n) is 18.1. The van der Waals surface area contributed by atoms with E-state index in [1.807, 2.05) is 13.8 Å². The Morgan fingerprint density at radius 2 is 1.75 bits per heavy atom. The van der Waals surface area contributed by atoms with E-state index in [1.165, 1.54) is 44.7 Å². The number of hydrogen-bond acceptors (Lipinski definition) is 8. The molecule has 2 aromatic rings. The Hall–Kier alpha value is -4.02. The molecule has 2 rings (SSSR count). The van der Waals surface area contributed by atoms with Gasteiger partial charge >= 0.3 is 12.0 Å². The Labute approximate surface area is 184 Å². The molecule has 0 aliphatic rings. The number of methoxy groups -OCH3 is 2. The number of anilines is 1. The molecule has 11 heteroatoms. The number of hydrogen-bond donors (Lipinski definition) is 3. The summed E-state index contributed by atoms with van der Waals surface area (Å²) in [5.41, 5.74) is -0.0521. The van der Waals surface area contributed by atoms with Gasteiger partial charge in [-0.2, -0.15) is 0 Å². The highest BCUT2D eigenvalue weighted by Gasteiger charge is 2.22. The van der Waals surface area contributed by atoms with Gasteiger partial charge in [0.25, 0.3) is 11.8 Å². The molecule has 0 fully saturated rings. The molecule has 32 heavy (non-hydrogen) atoms. The lowest BCUT2D eigenvalue weighted by atomic mass is 10.1. The van der Waals surface area contributed by atoms with Crippen LogP contribution in [-0.2, 0) is 9.53 Å². The molecular formula is C21H25N3O8. The third-order valence-corrected chi connectivity index (χ3v) is 3.99. The van der Waals surface area contributed by atoms with E-state index in [0.717, 1.165) is 0 Å². The van der Waals surface area contributed by atoms with E-state index in [1.54, 1.807) is 0 Å². The Bertz CT molecular complexity index is 970. The maximum Gasteiger partial charge on any atom is 0.340 e. The summed E-state index contributed by atoms with van der Waals surface area (Å²) >= 11 is 0. The highest BCUT2D eigenvalue weighted by molar-refractivity contribution is 6.07. The summed E-state index contributed by atoms with van der Waals surface area (Å²) in [6, 6.07) is 4.96. The zero-order valence-corrected chi connectivity index (χ0v) is 18.1. The summed E-state index contributed by atoms with van der Waals surface area (Å²) in [6.07, 6.45) is 1.33. The molecule has 0 spiro atoms. The number of ether oxygens (including phenoxy) is 3. The molecule has 0 atom stereocenters. The molecule has 3 N–H and O–H groups in total. The summed E-state index contributed by atoms with van der Waals surface area (Å²) in [5, 5.41) is 7.09. The number of esters is 1. The van der Waals surface area contributed by atoms with Gasteiger partial charge in [-0.25, -0.2) is 9.59 Å². The molecule has 0 aliphatic carbocycles. The van der Waals surface area contributed by atoms with Crippen LogP contribution in [0.2, 0.25) is 0 Å². The molecule has 0 aliphatic heterocycles. The zero-order chi connectivity index (χ0) is 23.7. The highest BCUT2D eigenvalue weighted by atomic mass is 16.5. The van der Waals surface area contributed by atoms with Crippen LogP contribution >= 0.6 is 0 Å². The molecule has 1 aromatic carbocycles. The molecule has 0 bridgehead atoms. The number of nitrogens with one attached hydrogen (secondary N) is 3. The maximum atomic E-state index is 12.6. The van der Waals surface area contributed by atoms with Gasteiger partial charge in [0.1, 0.15) is 0 Å². The van der Waals surface area contributed by atoms with Gasteiger partial charge in [0, 0.05) is 18.7 Å². The fourth-order valence-electron chi connectivity index (χ4n) is 2.46. The fraction of sp³-hybridized carbons (Fsp3) is 0.333. The molecular weight excluding hydrogens is 422 g/mol. The first kappa shape index (κ1) is 24.3. The van der Waals surface area contributed by atoms with Crippen molar-refractivity contribution in [2.75, 3.05) is 32.7 Å². The van der Waals surface area contributed by atoms with Crippen molar-refractivity contribution in [1.29, 1.82) is 0 Å². The van der Waals surface area contributed by atoms with Crippen LogP contribution in [0.3, 0.4) is 0 Å². The van der Waals surface area contributed by atoms with Gasteiger partial charge in [-0.15, -0.1) is 0 Å². The van der Waals surface area contributed by atoms with Crippen LogP contribution < -0.4 is 25.4 Å². The second-order valence-electron chi connectivity index (χ2n) is 6.91. The molecule has 0 radical (unpaired) electrons. The van der Waals surface area contributed by atoms with Gasteiger partial charge in [0.15, 0.2) is 23.9 Å². The molecule has 0 saturated heterocycles. The number of carbonyl (C=O) groups excluding carboxylic acids is 4. The van der Waals surface area contributed by atoms with Crippen molar-refractivity contribution in [3.8, 4) is 11.5 Å². The van der Waals surface area contributed by atoms with Crippen LogP contribution in [-0.4, -0.2) is 51.2 Å². The Kier molecular flexibility index (Phi) is 8.63. The lowest BCUT2D eigenvalue weighted by Crippen LogP contribution is -2.42. The predicted molar refractivity (Wildman–Crippen MR) is 113 cm³/mol. The second kappa shape index (κ2) is 11.4. The van der Waals surface area contributed by atoms with Gasteiger partial charge < -0.3 is 29.3 Å². The van der Waals surface area contributed by atoms with Gasteiger partial charge in [0.2, 0.25) is 0 Å². The Morgan fingerprint density at radius 3 is 2.34 bits per heavy atom. The topological polar surface area (TPSA) is 145 Å². The van der Waals surface area contributed by atoms with E-state index >= 15 is 0 Å². The lowest BCUT2D eigenvalue weighted by molar-refractivity contribution is -0.123. The average Bonchev–Trinajstić information content (AvgIpc) is 3.30. The number of urea groups is 1. The van der Waals surface area contributed by atoms with Crippen molar-refractivity contribution >= 4 is 29.5 Å². The normalized spacial score (nSPS) is 10.3. The van der Waals surface area contributed by atoms with Crippen molar-refractivity contribution in [3.05, 3.63) is 41.9 Å². The van der Waals surface area contributed by atoms with E-state index in [9.17, 15) is 19.2 Å². The van der Waals surface area contributed by atoms with Gasteiger partial charge in [0.05, 0.1) is 31.7 Å². The quantitative estimate of drug-likeness (QED) is 0.496. The molecule has 0 saturated carbocycles. The summed E-state index contributed by atoms with van der Waals surface area (Å²) in [5.74, 6) is -1.69. The first-order valence-corrected chi connectivity index (χ1v) is 9.60. The van der Waals surface area contributed by atoms with Crippen LogP contribution in [0.25, 0.3) is 0 Å². The van der Waals surface area contributed by atoms with Crippen molar-refractivity contribution in [3.63, 3.8) is 0 Å². The standard InChI is InChI=1S/C21H25N3O8/c1-12(2)10-22-21(28)24-18(25)11-32-20(27)13-8-16(29-3)17(30-4)9-14(13)23-19(26)15-6-5-7-31-15/h5-9,12H,10-11H2,1-4H3,(H,23,26)(H2,22,24,25,28). The van der Waals surface area contributed by atoms with Crippen LogP contribution in [0.5, 0.6) is 11.5 Å². The number of amides is 4. The van der Waals surface area contributed by atoms with Crippen molar-refractivity contribution in [2.45, 2.75) is 13.8 Å². The maximum absolute atomic E-state index is 12.6. The minimum atomic E-state index is -0.932. The molecule has 1 heterocycles. The highest BCUT2D eigenvalue weighted by Crippen LogP contribution is 2.34. The van der Waals surface area contributed by atoms with E-state index < -0.39 is 30.4 Å². The van der Waals surface area contributed by atoms with Crippen LogP contribution in [0, 0.1) is 5.92 Å². The van der Waals surface area contributed by atoms with E-state index in [0.29, 0.717) is 6.54 Å².